The van der Waals surface area contributed by atoms with E-state index in [4.69, 9.17) is 24.9 Å². The van der Waals surface area contributed by atoms with E-state index in [1.54, 1.807) is 0 Å². The average Bonchev–Trinajstić information content (AvgIpc) is 3.29. The molecular formula is C51H33N5. The first-order valence-electron chi connectivity index (χ1n) is 18.7. The first-order chi connectivity index (χ1) is 27.7. The summed E-state index contributed by atoms with van der Waals surface area (Å²) in [4.78, 5) is 25.1. The Labute approximate surface area is 324 Å². The Morgan fingerprint density at radius 2 is 0.464 bits per heavy atom. The molecule has 0 atom stereocenters. The lowest BCUT2D eigenvalue weighted by Gasteiger charge is -2.10. The van der Waals surface area contributed by atoms with E-state index in [9.17, 15) is 0 Å². The molecule has 10 aromatic rings. The molecule has 0 N–H and O–H groups in total. The Kier molecular flexibility index (Phi) is 8.43. The van der Waals surface area contributed by atoms with Gasteiger partial charge in [0.05, 0.1) is 22.4 Å². The predicted octanol–water partition coefficient (Wildman–Crippen LogP) is 12.6. The van der Waals surface area contributed by atoms with E-state index in [0.29, 0.717) is 17.5 Å². The molecule has 262 valence electrons. The third-order valence-corrected chi connectivity index (χ3v) is 10.2. The van der Waals surface area contributed by atoms with Gasteiger partial charge in [0.2, 0.25) is 0 Å². The lowest BCUT2D eigenvalue weighted by atomic mass is 10.0. The number of hydrogen-bond acceptors (Lipinski definition) is 5. The zero-order chi connectivity index (χ0) is 37.3. The van der Waals surface area contributed by atoms with Crippen molar-refractivity contribution in [3.63, 3.8) is 0 Å². The van der Waals surface area contributed by atoms with Gasteiger partial charge in [0.15, 0.2) is 17.5 Å². The third-order valence-electron chi connectivity index (χ3n) is 10.2. The fraction of sp³-hybridized carbons (Fsp3) is 0. The molecule has 0 saturated carbocycles. The van der Waals surface area contributed by atoms with Crippen LogP contribution < -0.4 is 0 Å². The summed E-state index contributed by atoms with van der Waals surface area (Å²) in [6.07, 6.45) is 0. The normalized spacial score (nSPS) is 11.2. The third kappa shape index (κ3) is 6.48. The molecule has 5 heteroatoms. The van der Waals surface area contributed by atoms with E-state index in [1.165, 1.54) is 5.56 Å². The summed E-state index contributed by atoms with van der Waals surface area (Å²) in [6, 6.07) is 68.8. The minimum Gasteiger partial charge on any atom is -0.245 e. The highest BCUT2D eigenvalue weighted by Gasteiger charge is 2.14. The van der Waals surface area contributed by atoms with Gasteiger partial charge in [-0.25, -0.2) is 24.9 Å². The SMILES string of the molecule is c1ccc(-c2ccc(-c3nc(-c4ccccc4)nc(-c4ccc(-c5ccc(-c6ccc7ccc8ccc(-c9ccccc9)nc8c7n6)cc5)cc4)n3)cc2)cc1. The van der Waals surface area contributed by atoms with Crippen molar-refractivity contribution in [3.8, 4) is 78.9 Å². The first kappa shape index (κ1) is 33.0. The Balaban J connectivity index is 0.946. The van der Waals surface area contributed by atoms with Crippen LogP contribution in [0, 0.1) is 0 Å². The molecule has 5 nitrogen and oxygen atoms in total. The van der Waals surface area contributed by atoms with E-state index in [1.807, 2.05) is 54.6 Å². The summed E-state index contributed by atoms with van der Waals surface area (Å²) in [5.74, 6) is 1.90. The molecule has 0 spiro atoms. The maximum absolute atomic E-state index is 5.15. The quantitative estimate of drug-likeness (QED) is 0.154. The first-order valence-corrected chi connectivity index (χ1v) is 18.7. The standard InChI is InChI=1S/C51H33N5/c1-4-10-34(11-5-1)35-18-26-43(27-19-35)50-54-49(42-14-8-3-9-15-42)55-51(56-50)44-28-20-37(21-29-44)36-16-22-39(23-17-36)46-33-31-41-25-24-40-30-32-45(38-12-6-2-7-13-38)52-47(40)48(41)53-46/h1-33H. The van der Waals surface area contributed by atoms with E-state index in [0.717, 1.165) is 77.7 Å². The van der Waals surface area contributed by atoms with Gasteiger partial charge in [0, 0.05) is 38.6 Å². The molecule has 0 aliphatic heterocycles. The molecule has 0 fully saturated rings. The lowest BCUT2D eigenvalue weighted by Crippen LogP contribution is -2.00. The second-order valence-corrected chi connectivity index (χ2v) is 13.7. The molecule has 3 aromatic heterocycles. The Bertz CT molecular complexity index is 2970. The molecule has 0 aliphatic rings. The van der Waals surface area contributed by atoms with E-state index in [-0.39, 0.29) is 0 Å². The molecule has 3 heterocycles. The van der Waals surface area contributed by atoms with Crippen molar-refractivity contribution in [3.05, 3.63) is 200 Å². The Hall–Kier alpha value is -7.63. The van der Waals surface area contributed by atoms with Crippen molar-refractivity contribution < 1.29 is 0 Å². The fourth-order valence-corrected chi connectivity index (χ4v) is 7.14. The van der Waals surface area contributed by atoms with Crippen molar-refractivity contribution in [1.29, 1.82) is 0 Å². The number of fused-ring (bicyclic) bond motifs is 3. The number of rotatable bonds is 7. The van der Waals surface area contributed by atoms with E-state index < -0.39 is 0 Å². The zero-order valence-corrected chi connectivity index (χ0v) is 30.3. The van der Waals surface area contributed by atoms with Crippen LogP contribution in [0.15, 0.2) is 200 Å². The molecule has 0 saturated heterocycles. The van der Waals surface area contributed by atoms with Crippen molar-refractivity contribution in [1.82, 2.24) is 24.9 Å². The Morgan fingerprint density at radius 3 is 0.875 bits per heavy atom. The van der Waals surface area contributed by atoms with Gasteiger partial charge in [-0.05, 0) is 34.4 Å². The van der Waals surface area contributed by atoms with Crippen LogP contribution in [0.2, 0.25) is 0 Å². The van der Waals surface area contributed by atoms with Crippen molar-refractivity contribution in [2.75, 3.05) is 0 Å². The molecule has 0 amide bonds. The van der Waals surface area contributed by atoms with Crippen molar-refractivity contribution in [2.45, 2.75) is 0 Å². The molecule has 0 radical (unpaired) electrons. The van der Waals surface area contributed by atoms with Crippen LogP contribution in [0.4, 0.5) is 0 Å². The average molecular weight is 716 g/mol. The summed E-state index contributed by atoms with van der Waals surface area (Å²) < 4.78 is 0. The number of aromatic nitrogens is 5. The van der Waals surface area contributed by atoms with Crippen LogP contribution in [0.3, 0.4) is 0 Å². The Morgan fingerprint density at radius 1 is 0.196 bits per heavy atom. The molecule has 0 aliphatic carbocycles. The minimum absolute atomic E-state index is 0.628. The van der Waals surface area contributed by atoms with Crippen LogP contribution in [-0.4, -0.2) is 24.9 Å². The number of nitrogens with zero attached hydrogens (tertiary/aromatic N) is 5. The van der Waals surface area contributed by atoms with E-state index >= 15 is 0 Å². The smallest absolute Gasteiger partial charge is 0.164 e. The second-order valence-electron chi connectivity index (χ2n) is 13.7. The van der Waals surface area contributed by atoms with Crippen LogP contribution in [0.25, 0.3) is 101 Å². The fourth-order valence-electron chi connectivity index (χ4n) is 7.14. The molecule has 56 heavy (non-hydrogen) atoms. The van der Waals surface area contributed by atoms with Crippen LogP contribution >= 0.6 is 0 Å². The number of pyridine rings is 2. The van der Waals surface area contributed by atoms with Crippen LogP contribution in [-0.2, 0) is 0 Å². The van der Waals surface area contributed by atoms with Gasteiger partial charge in [0.25, 0.3) is 0 Å². The largest absolute Gasteiger partial charge is 0.245 e. The highest BCUT2D eigenvalue weighted by molar-refractivity contribution is 6.04. The minimum atomic E-state index is 0.628. The molecular weight excluding hydrogens is 683 g/mol. The van der Waals surface area contributed by atoms with Crippen LogP contribution in [0.1, 0.15) is 0 Å². The number of hydrogen-bond donors (Lipinski definition) is 0. The zero-order valence-electron chi connectivity index (χ0n) is 30.3. The molecule has 7 aromatic carbocycles. The summed E-state index contributed by atoms with van der Waals surface area (Å²) in [5, 5.41) is 2.14. The second kappa shape index (κ2) is 14.3. The lowest BCUT2D eigenvalue weighted by molar-refractivity contribution is 1.07. The van der Waals surface area contributed by atoms with Gasteiger partial charge in [-0.1, -0.05) is 188 Å². The summed E-state index contributed by atoms with van der Waals surface area (Å²) in [6.45, 7) is 0. The highest BCUT2D eigenvalue weighted by Crippen LogP contribution is 2.32. The van der Waals surface area contributed by atoms with Crippen molar-refractivity contribution >= 4 is 21.8 Å². The highest BCUT2D eigenvalue weighted by atomic mass is 15.0. The maximum atomic E-state index is 5.15. The van der Waals surface area contributed by atoms with Crippen molar-refractivity contribution in [2.24, 2.45) is 0 Å². The summed E-state index contributed by atoms with van der Waals surface area (Å²) in [7, 11) is 0. The van der Waals surface area contributed by atoms with Crippen LogP contribution in [0.5, 0.6) is 0 Å². The maximum Gasteiger partial charge on any atom is 0.164 e. The van der Waals surface area contributed by atoms with E-state index in [2.05, 4.69) is 146 Å². The molecule has 0 bridgehead atoms. The predicted molar refractivity (Wildman–Crippen MR) is 228 cm³/mol. The summed E-state index contributed by atoms with van der Waals surface area (Å²) >= 11 is 0. The molecule has 10 rings (SSSR count). The topological polar surface area (TPSA) is 64.5 Å². The van der Waals surface area contributed by atoms with Gasteiger partial charge < -0.3 is 0 Å². The number of benzene rings is 7. The van der Waals surface area contributed by atoms with Gasteiger partial charge in [0.1, 0.15) is 0 Å². The van der Waals surface area contributed by atoms with Gasteiger partial charge in [-0.15, -0.1) is 0 Å². The summed E-state index contributed by atoms with van der Waals surface area (Å²) in [5.41, 5.74) is 13.1. The van der Waals surface area contributed by atoms with Gasteiger partial charge in [-0.2, -0.15) is 0 Å². The van der Waals surface area contributed by atoms with Gasteiger partial charge in [-0.3, -0.25) is 0 Å². The molecule has 0 unspecified atom stereocenters. The monoisotopic (exact) mass is 715 g/mol. The van der Waals surface area contributed by atoms with Gasteiger partial charge >= 0.3 is 0 Å².